The van der Waals surface area contributed by atoms with Crippen LogP contribution in [-0.2, 0) is 9.59 Å². The quantitative estimate of drug-likeness (QED) is 0.678. The summed E-state index contributed by atoms with van der Waals surface area (Å²) in [6.45, 7) is 7.37. The molecule has 2 unspecified atom stereocenters. The summed E-state index contributed by atoms with van der Waals surface area (Å²) in [6, 6.07) is 5.29. The lowest BCUT2D eigenvalue weighted by Crippen LogP contribution is -2.53. The van der Waals surface area contributed by atoms with Gasteiger partial charge in [-0.1, -0.05) is 44.9 Å². The third kappa shape index (κ3) is 5.68. The fourth-order valence-corrected chi connectivity index (χ4v) is 2.27. The van der Waals surface area contributed by atoms with Crippen LogP contribution < -0.4 is 10.6 Å². The minimum Gasteiger partial charge on any atom is -0.480 e. The first kappa shape index (κ1) is 19.7. The molecule has 0 saturated heterocycles. The Kier molecular flexibility index (Phi) is 7.42. The Bertz CT molecular complexity index is 581. The Hall–Kier alpha value is -2.37. The average Bonchev–Trinajstić information content (AvgIpc) is 2.52. The van der Waals surface area contributed by atoms with E-state index in [0.29, 0.717) is 18.4 Å². The van der Waals surface area contributed by atoms with Crippen LogP contribution in [0.25, 0.3) is 0 Å². The van der Waals surface area contributed by atoms with Crippen molar-refractivity contribution in [2.45, 2.75) is 52.6 Å². The van der Waals surface area contributed by atoms with Gasteiger partial charge in [0, 0.05) is 5.56 Å². The van der Waals surface area contributed by atoms with Crippen molar-refractivity contribution in [2.75, 3.05) is 0 Å². The maximum atomic E-state index is 12.4. The van der Waals surface area contributed by atoms with Gasteiger partial charge in [-0.05, 0) is 31.4 Å². The number of rotatable bonds is 8. The molecule has 1 aromatic rings. The van der Waals surface area contributed by atoms with Crippen LogP contribution in [0.4, 0.5) is 0 Å². The Labute approximate surface area is 142 Å². The van der Waals surface area contributed by atoms with E-state index in [4.69, 9.17) is 5.11 Å². The number of amides is 2. The van der Waals surface area contributed by atoms with Gasteiger partial charge in [-0.2, -0.15) is 0 Å². The van der Waals surface area contributed by atoms with Crippen molar-refractivity contribution in [3.63, 3.8) is 0 Å². The van der Waals surface area contributed by atoms with E-state index in [1.54, 1.807) is 26.0 Å². The summed E-state index contributed by atoms with van der Waals surface area (Å²) in [5, 5.41) is 14.4. The van der Waals surface area contributed by atoms with Crippen LogP contribution in [0.1, 0.15) is 49.5 Å². The zero-order valence-electron chi connectivity index (χ0n) is 14.6. The highest BCUT2D eigenvalue weighted by molar-refractivity contribution is 5.98. The predicted octanol–water partition coefficient (Wildman–Crippen LogP) is 2.12. The Morgan fingerprint density at radius 2 is 1.67 bits per heavy atom. The molecule has 0 aromatic heterocycles. The number of aliphatic carboxylic acids is 1. The van der Waals surface area contributed by atoms with Gasteiger partial charge in [0.2, 0.25) is 5.91 Å². The topological polar surface area (TPSA) is 95.5 Å². The van der Waals surface area contributed by atoms with Crippen LogP contribution in [0.5, 0.6) is 0 Å². The number of hydrogen-bond acceptors (Lipinski definition) is 3. The molecular weight excluding hydrogens is 308 g/mol. The maximum absolute atomic E-state index is 12.4. The highest BCUT2D eigenvalue weighted by Crippen LogP contribution is 2.08. The molecule has 0 spiro atoms. The van der Waals surface area contributed by atoms with Gasteiger partial charge in [0.15, 0.2) is 0 Å². The number of carboxylic acids is 1. The number of carbonyl (C=O) groups excluding carboxylic acids is 2. The molecule has 132 valence electrons. The molecule has 0 aliphatic carbocycles. The number of hydrogen-bond donors (Lipinski definition) is 3. The van der Waals surface area contributed by atoms with E-state index in [0.717, 1.165) is 5.56 Å². The summed E-state index contributed by atoms with van der Waals surface area (Å²) in [5.41, 5.74) is 1.50. The van der Waals surface area contributed by atoms with E-state index >= 15 is 0 Å². The lowest BCUT2D eigenvalue weighted by atomic mass is 10.0. The SMILES string of the molecule is CCCC(NC(=O)C(NC(=O)c1ccc(C)cc1)C(C)C)C(=O)O. The highest BCUT2D eigenvalue weighted by atomic mass is 16.4. The van der Waals surface area contributed by atoms with Crippen LogP contribution in [0.3, 0.4) is 0 Å². The molecule has 2 atom stereocenters. The van der Waals surface area contributed by atoms with E-state index in [1.165, 1.54) is 0 Å². The van der Waals surface area contributed by atoms with Gasteiger partial charge < -0.3 is 15.7 Å². The molecule has 1 aromatic carbocycles. The van der Waals surface area contributed by atoms with E-state index in [2.05, 4.69) is 10.6 Å². The number of carbonyl (C=O) groups is 3. The fourth-order valence-electron chi connectivity index (χ4n) is 2.27. The summed E-state index contributed by atoms with van der Waals surface area (Å²) < 4.78 is 0. The molecule has 3 N–H and O–H groups in total. The van der Waals surface area contributed by atoms with Crippen molar-refractivity contribution < 1.29 is 19.5 Å². The van der Waals surface area contributed by atoms with Crippen LogP contribution in [0, 0.1) is 12.8 Å². The number of aryl methyl sites for hydroxylation is 1. The van der Waals surface area contributed by atoms with Crippen molar-refractivity contribution in [2.24, 2.45) is 5.92 Å². The summed E-state index contributed by atoms with van der Waals surface area (Å²) in [5.74, 6) is -2.08. The third-order valence-corrected chi connectivity index (χ3v) is 3.74. The summed E-state index contributed by atoms with van der Waals surface area (Å²) in [6.07, 6.45) is 0.983. The molecule has 24 heavy (non-hydrogen) atoms. The standard InChI is InChI=1S/C18H26N2O4/c1-5-6-14(18(23)24)19-17(22)15(11(2)3)20-16(21)13-9-7-12(4)8-10-13/h7-11,14-15H,5-6H2,1-4H3,(H,19,22)(H,20,21)(H,23,24). The number of benzene rings is 1. The van der Waals surface area contributed by atoms with Crippen LogP contribution in [0.15, 0.2) is 24.3 Å². The van der Waals surface area contributed by atoms with Crippen LogP contribution >= 0.6 is 0 Å². The van der Waals surface area contributed by atoms with Crippen molar-refractivity contribution in [3.8, 4) is 0 Å². The van der Waals surface area contributed by atoms with E-state index < -0.39 is 24.0 Å². The van der Waals surface area contributed by atoms with Crippen molar-refractivity contribution in [1.29, 1.82) is 0 Å². The van der Waals surface area contributed by atoms with E-state index in [-0.39, 0.29) is 11.8 Å². The number of nitrogens with one attached hydrogen (secondary N) is 2. The molecule has 0 aliphatic heterocycles. The molecule has 0 aliphatic rings. The van der Waals surface area contributed by atoms with Crippen molar-refractivity contribution >= 4 is 17.8 Å². The zero-order valence-corrected chi connectivity index (χ0v) is 14.6. The third-order valence-electron chi connectivity index (χ3n) is 3.74. The lowest BCUT2D eigenvalue weighted by molar-refractivity contribution is -0.142. The molecule has 1 rings (SSSR count). The second kappa shape index (κ2) is 9.05. The second-order valence-electron chi connectivity index (χ2n) is 6.25. The minimum atomic E-state index is -1.07. The van der Waals surface area contributed by atoms with Gasteiger partial charge >= 0.3 is 5.97 Å². The van der Waals surface area contributed by atoms with Crippen molar-refractivity contribution in [3.05, 3.63) is 35.4 Å². The van der Waals surface area contributed by atoms with Gasteiger partial charge in [0.1, 0.15) is 12.1 Å². The summed E-state index contributed by atoms with van der Waals surface area (Å²) in [7, 11) is 0. The van der Waals surface area contributed by atoms with Gasteiger partial charge in [-0.15, -0.1) is 0 Å². The average molecular weight is 334 g/mol. The first-order valence-electron chi connectivity index (χ1n) is 8.17. The first-order chi connectivity index (χ1) is 11.3. The highest BCUT2D eigenvalue weighted by Gasteiger charge is 2.28. The summed E-state index contributed by atoms with van der Waals surface area (Å²) >= 11 is 0. The van der Waals surface area contributed by atoms with Crippen molar-refractivity contribution in [1.82, 2.24) is 10.6 Å². The molecule has 0 saturated carbocycles. The van der Waals surface area contributed by atoms with Gasteiger partial charge in [0.05, 0.1) is 0 Å². The van der Waals surface area contributed by atoms with E-state index in [1.807, 2.05) is 26.0 Å². The minimum absolute atomic E-state index is 0.171. The Morgan fingerprint density at radius 3 is 2.12 bits per heavy atom. The monoisotopic (exact) mass is 334 g/mol. The van der Waals surface area contributed by atoms with Crippen LogP contribution in [-0.4, -0.2) is 35.0 Å². The molecule has 6 heteroatoms. The van der Waals surface area contributed by atoms with Crippen LogP contribution in [0.2, 0.25) is 0 Å². The number of carboxylic acid groups (broad SMARTS) is 1. The smallest absolute Gasteiger partial charge is 0.326 e. The Morgan fingerprint density at radius 1 is 1.08 bits per heavy atom. The van der Waals surface area contributed by atoms with Gasteiger partial charge in [-0.3, -0.25) is 9.59 Å². The molecule has 2 amide bonds. The Balaban J connectivity index is 2.82. The first-order valence-corrected chi connectivity index (χ1v) is 8.17. The van der Waals surface area contributed by atoms with Gasteiger partial charge in [-0.25, -0.2) is 4.79 Å². The largest absolute Gasteiger partial charge is 0.480 e. The maximum Gasteiger partial charge on any atom is 0.326 e. The predicted molar refractivity (Wildman–Crippen MR) is 91.7 cm³/mol. The molecule has 0 radical (unpaired) electrons. The molecule has 6 nitrogen and oxygen atoms in total. The lowest BCUT2D eigenvalue weighted by Gasteiger charge is -2.24. The normalized spacial score (nSPS) is 13.2. The second-order valence-corrected chi connectivity index (χ2v) is 6.25. The summed E-state index contributed by atoms with van der Waals surface area (Å²) in [4.78, 5) is 35.9. The van der Waals surface area contributed by atoms with E-state index in [9.17, 15) is 14.4 Å². The molecule has 0 bridgehead atoms. The fraction of sp³-hybridized carbons (Fsp3) is 0.500. The zero-order chi connectivity index (χ0) is 18.3. The molecule has 0 fully saturated rings. The van der Waals surface area contributed by atoms with Gasteiger partial charge in [0.25, 0.3) is 5.91 Å². The molecular formula is C18H26N2O4. The molecule has 0 heterocycles.